The van der Waals surface area contributed by atoms with Gasteiger partial charge in [-0.3, -0.25) is 14.5 Å². The summed E-state index contributed by atoms with van der Waals surface area (Å²) in [5.74, 6) is 0.638. The summed E-state index contributed by atoms with van der Waals surface area (Å²) < 4.78 is 0. The Balaban J connectivity index is 1.35. The molecule has 0 saturated heterocycles. The first kappa shape index (κ1) is 19.9. The van der Waals surface area contributed by atoms with Crippen LogP contribution in [0.15, 0.2) is 77.7 Å². The van der Waals surface area contributed by atoms with Crippen LogP contribution in [-0.4, -0.2) is 17.6 Å². The second-order valence-electron chi connectivity index (χ2n) is 8.07. The lowest BCUT2D eigenvalue weighted by molar-refractivity contribution is -0.117. The van der Waals surface area contributed by atoms with Crippen LogP contribution in [0, 0.1) is 5.92 Å². The molecular weight excluding hydrogens is 404 g/mol. The molecule has 0 bridgehead atoms. The van der Waals surface area contributed by atoms with Gasteiger partial charge in [-0.1, -0.05) is 42.5 Å². The number of anilines is 3. The molecule has 3 aromatic rings. The van der Waals surface area contributed by atoms with Crippen molar-refractivity contribution in [1.82, 2.24) is 0 Å². The number of rotatable bonds is 5. The predicted octanol–water partition coefficient (Wildman–Crippen LogP) is 5.59. The summed E-state index contributed by atoms with van der Waals surface area (Å²) in [4.78, 5) is 28.3. The molecule has 1 aliphatic carbocycles. The van der Waals surface area contributed by atoms with Crippen LogP contribution < -0.4 is 10.2 Å². The van der Waals surface area contributed by atoms with Crippen LogP contribution in [0.1, 0.15) is 24.0 Å². The van der Waals surface area contributed by atoms with Gasteiger partial charge in [-0.05, 0) is 67.1 Å². The third-order valence-electron chi connectivity index (χ3n) is 5.79. The molecule has 2 aliphatic rings. The van der Waals surface area contributed by atoms with Gasteiger partial charge in [-0.15, -0.1) is 11.8 Å². The van der Waals surface area contributed by atoms with Crippen molar-refractivity contribution >= 4 is 40.6 Å². The van der Waals surface area contributed by atoms with Crippen molar-refractivity contribution in [1.29, 1.82) is 0 Å². The summed E-state index contributed by atoms with van der Waals surface area (Å²) in [6.45, 7) is 0. The van der Waals surface area contributed by atoms with Gasteiger partial charge in [-0.25, -0.2) is 0 Å². The highest BCUT2D eigenvalue weighted by atomic mass is 32.2. The molecule has 0 spiro atoms. The first-order valence-electron chi connectivity index (χ1n) is 10.7. The standard InChI is InChI=1S/C26H24N2O2S/c29-25(17-31-22-9-5-8-21(16-22)27-26(30)20-14-15-20)28-23-10-3-1-6-18(23)12-13-19-7-2-4-11-24(19)28/h1-11,16,20H,12-15,17H2,(H,27,30). The molecule has 5 rings (SSSR count). The van der Waals surface area contributed by atoms with E-state index in [0.29, 0.717) is 5.75 Å². The SMILES string of the molecule is O=C(Nc1cccc(SCC(=O)N2c3ccccc3CCc3ccccc32)c1)C1CC1. The monoisotopic (exact) mass is 428 g/mol. The minimum atomic E-state index is 0.0548. The van der Waals surface area contributed by atoms with Crippen LogP contribution in [0.5, 0.6) is 0 Å². The minimum absolute atomic E-state index is 0.0548. The Morgan fingerprint density at radius 3 is 2.16 bits per heavy atom. The highest BCUT2D eigenvalue weighted by molar-refractivity contribution is 8.00. The van der Waals surface area contributed by atoms with Gasteiger partial charge in [0, 0.05) is 16.5 Å². The Morgan fingerprint density at radius 2 is 1.52 bits per heavy atom. The third-order valence-corrected chi connectivity index (χ3v) is 6.77. The maximum Gasteiger partial charge on any atom is 0.241 e. The fraction of sp³-hybridized carbons (Fsp3) is 0.231. The smallest absolute Gasteiger partial charge is 0.241 e. The van der Waals surface area contributed by atoms with E-state index in [9.17, 15) is 9.59 Å². The van der Waals surface area contributed by atoms with Gasteiger partial charge >= 0.3 is 0 Å². The van der Waals surface area contributed by atoms with E-state index in [1.54, 1.807) is 0 Å². The number of nitrogens with zero attached hydrogens (tertiary/aromatic N) is 1. The summed E-state index contributed by atoms with van der Waals surface area (Å²) >= 11 is 1.50. The second-order valence-corrected chi connectivity index (χ2v) is 9.12. The van der Waals surface area contributed by atoms with Crippen molar-refractivity contribution in [2.24, 2.45) is 5.92 Å². The maximum atomic E-state index is 13.4. The molecule has 31 heavy (non-hydrogen) atoms. The summed E-state index contributed by atoms with van der Waals surface area (Å²) in [5.41, 5.74) is 5.13. The zero-order valence-corrected chi connectivity index (χ0v) is 18.0. The Hall–Kier alpha value is -3.05. The molecule has 0 unspecified atom stereocenters. The number of amides is 2. The van der Waals surface area contributed by atoms with Gasteiger partial charge in [0.15, 0.2) is 0 Å². The van der Waals surface area contributed by atoms with Crippen LogP contribution >= 0.6 is 11.8 Å². The number of para-hydroxylation sites is 2. The molecular formula is C26H24N2O2S. The molecule has 156 valence electrons. The Kier molecular flexibility index (Phi) is 5.51. The van der Waals surface area contributed by atoms with Gasteiger partial charge in [0.1, 0.15) is 0 Å². The van der Waals surface area contributed by atoms with Crippen molar-refractivity contribution in [3.8, 4) is 0 Å². The molecule has 0 atom stereocenters. The number of hydrogen-bond acceptors (Lipinski definition) is 3. The van der Waals surface area contributed by atoms with E-state index in [-0.39, 0.29) is 17.7 Å². The number of fused-ring (bicyclic) bond motifs is 2. The van der Waals surface area contributed by atoms with Crippen molar-refractivity contribution in [3.63, 3.8) is 0 Å². The fourth-order valence-corrected chi connectivity index (χ4v) is 4.82. The van der Waals surface area contributed by atoms with Crippen molar-refractivity contribution < 1.29 is 9.59 Å². The van der Waals surface area contributed by atoms with Crippen LogP contribution in [-0.2, 0) is 22.4 Å². The van der Waals surface area contributed by atoms with E-state index in [2.05, 4.69) is 17.4 Å². The number of nitrogens with one attached hydrogen (secondary N) is 1. The van der Waals surface area contributed by atoms with E-state index in [1.165, 1.54) is 22.9 Å². The Labute approximate surface area is 186 Å². The fourth-order valence-electron chi connectivity index (χ4n) is 4.01. The van der Waals surface area contributed by atoms with Gasteiger partial charge < -0.3 is 5.32 Å². The van der Waals surface area contributed by atoms with Gasteiger partial charge in [0.25, 0.3) is 0 Å². The number of hydrogen-bond donors (Lipinski definition) is 1. The summed E-state index contributed by atoms with van der Waals surface area (Å²) in [6.07, 6.45) is 3.81. The largest absolute Gasteiger partial charge is 0.326 e. The van der Waals surface area contributed by atoms with Crippen LogP contribution in [0.4, 0.5) is 17.1 Å². The second kappa shape index (κ2) is 8.60. The van der Waals surface area contributed by atoms with E-state index in [0.717, 1.165) is 47.6 Å². The molecule has 0 aromatic heterocycles. The molecule has 5 heteroatoms. The van der Waals surface area contributed by atoms with E-state index < -0.39 is 0 Å². The number of carbonyl (C=O) groups is 2. The molecule has 1 saturated carbocycles. The Morgan fingerprint density at radius 1 is 0.871 bits per heavy atom. The number of benzene rings is 3. The quantitative estimate of drug-likeness (QED) is 0.539. The first-order chi connectivity index (χ1) is 15.2. The molecule has 1 fully saturated rings. The number of thioether (sulfide) groups is 1. The van der Waals surface area contributed by atoms with E-state index in [1.807, 2.05) is 65.6 Å². The van der Waals surface area contributed by atoms with Gasteiger partial charge in [-0.2, -0.15) is 0 Å². The van der Waals surface area contributed by atoms with Crippen LogP contribution in [0.2, 0.25) is 0 Å². The summed E-state index contributed by atoms with van der Waals surface area (Å²) in [5, 5.41) is 2.98. The van der Waals surface area contributed by atoms with Gasteiger partial charge in [0.05, 0.1) is 17.1 Å². The first-order valence-corrected chi connectivity index (χ1v) is 11.7. The third kappa shape index (κ3) is 4.37. The molecule has 0 radical (unpaired) electrons. The lowest BCUT2D eigenvalue weighted by atomic mass is 10.0. The lowest BCUT2D eigenvalue weighted by Gasteiger charge is -2.25. The van der Waals surface area contributed by atoms with Crippen molar-refractivity contribution in [2.75, 3.05) is 16.0 Å². The average molecular weight is 429 g/mol. The normalized spacial score (nSPS) is 14.9. The van der Waals surface area contributed by atoms with Crippen LogP contribution in [0.25, 0.3) is 0 Å². The molecule has 2 amide bonds. The zero-order valence-electron chi connectivity index (χ0n) is 17.2. The predicted molar refractivity (Wildman–Crippen MR) is 126 cm³/mol. The molecule has 1 heterocycles. The van der Waals surface area contributed by atoms with Crippen LogP contribution in [0.3, 0.4) is 0 Å². The highest BCUT2D eigenvalue weighted by Crippen LogP contribution is 2.37. The lowest BCUT2D eigenvalue weighted by Crippen LogP contribution is -2.28. The van der Waals surface area contributed by atoms with E-state index >= 15 is 0 Å². The number of aryl methyl sites for hydroxylation is 2. The molecule has 4 nitrogen and oxygen atoms in total. The van der Waals surface area contributed by atoms with Crippen molar-refractivity contribution in [2.45, 2.75) is 30.6 Å². The maximum absolute atomic E-state index is 13.4. The van der Waals surface area contributed by atoms with Crippen molar-refractivity contribution in [3.05, 3.63) is 83.9 Å². The number of carbonyl (C=O) groups excluding carboxylic acids is 2. The highest BCUT2D eigenvalue weighted by Gasteiger charge is 2.29. The van der Waals surface area contributed by atoms with Gasteiger partial charge in [0.2, 0.25) is 11.8 Å². The molecule has 1 aliphatic heterocycles. The summed E-state index contributed by atoms with van der Waals surface area (Å²) in [6, 6.07) is 24.1. The Bertz CT molecular complexity index is 1090. The topological polar surface area (TPSA) is 49.4 Å². The zero-order chi connectivity index (χ0) is 21.2. The van der Waals surface area contributed by atoms with E-state index in [4.69, 9.17) is 0 Å². The summed E-state index contributed by atoms with van der Waals surface area (Å²) in [7, 11) is 0. The molecule has 3 aromatic carbocycles. The minimum Gasteiger partial charge on any atom is -0.326 e. The molecule has 1 N–H and O–H groups in total. The average Bonchev–Trinajstić information content (AvgIpc) is 3.64.